The lowest BCUT2D eigenvalue weighted by atomic mass is 9.97. The number of ether oxygens (including phenoxy) is 1. The molecule has 1 rings (SSSR count). The Labute approximate surface area is 137 Å². The summed E-state index contributed by atoms with van der Waals surface area (Å²) in [7, 11) is -11.6. The molecule has 0 aromatic carbocycles. The minimum absolute atomic E-state index is 0.502. The average molecular weight is 403 g/mol. The molecule has 0 radical (unpaired) electrons. The van der Waals surface area contributed by atoms with Gasteiger partial charge in [-0.2, -0.15) is 9.80 Å². The summed E-state index contributed by atoms with van der Waals surface area (Å²) in [6.07, 6.45) is 0. The van der Waals surface area contributed by atoms with Crippen molar-refractivity contribution in [3.8, 4) is 0 Å². The van der Waals surface area contributed by atoms with Crippen LogP contribution < -0.4 is 0 Å². The van der Waals surface area contributed by atoms with E-state index in [0.29, 0.717) is 7.11 Å². The van der Waals surface area contributed by atoms with E-state index in [4.69, 9.17) is 0 Å². The molecule has 142 valence electrons. The van der Waals surface area contributed by atoms with Gasteiger partial charge in [-0.25, -0.2) is 16.8 Å². The Morgan fingerprint density at radius 1 is 0.880 bits per heavy atom. The highest BCUT2D eigenvalue weighted by Gasteiger charge is 2.59. The van der Waals surface area contributed by atoms with Crippen LogP contribution in [0.2, 0.25) is 0 Å². The van der Waals surface area contributed by atoms with Crippen molar-refractivity contribution in [1.82, 2.24) is 0 Å². The van der Waals surface area contributed by atoms with Crippen LogP contribution in [0, 0.1) is 30.9 Å². The highest BCUT2D eigenvalue weighted by atomic mass is 32.2. The first-order chi connectivity index (χ1) is 11.2. The Hall–Kier alpha value is -2.70. The van der Waals surface area contributed by atoms with Gasteiger partial charge in [-0.1, -0.05) is 0 Å². The van der Waals surface area contributed by atoms with Crippen molar-refractivity contribution >= 4 is 31.7 Å². The summed E-state index contributed by atoms with van der Waals surface area (Å²) in [5.41, 5.74) is -6.14. The molecule has 0 aromatic heterocycles. The highest BCUT2D eigenvalue weighted by molar-refractivity contribution is 7.89. The average Bonchev–Trinajstić information content (AvgIpc) is 2.41. The number of allylic oxidation sites excluding steroid dienone is 1. The van der Waals surface area contributed by atoms with E-state index in [1.165, 1.54) is 0 Å². The molecule has 2 atom stereocenters. The standard InChI is InChI=1S/C7H7N3O13S2/c1-23-5-2(8(11)12)6(24(17,18)19)4(10(15)16)7(25(20,21)22)3(5)9(13)14/h6-7H,1H3,(H2-2,11,12,15,16,17,18,19,20,21,22)/q-2/p-2/t6-,7+/m0/s1. The molecular weight excluding hydrogens is 398 g/mol. The molecule has 0 heterocycles. The minimum atomic E-state index is -6.05. The molecule has 0 fully saturated rings. The van der Waals surface area contributed by atoms with Gasteiger partial charge in [0.05, 0.1) is 12.0 Å². The van der Waals surface area contributed by atoms with Crippen LogP contribution in [0.4, 0.5) is 0 Å². The van der Waals surface area contributed by atoms with Crippen LogP contribution in [0.5, 0.6) is 0 Å². The Morgan fingerprint density at radius 3 is 1.56 bits per heavy atom. The second-order valence-electron chi connectivity index (χ2n) is 4.25. The van der Waals surface area contributed by atoms with Gasteiger partial charge in [-0.3, -0.25) is 10.1 Å². The zero-order chi connectivity index (χ0) is 19.9. The van der Waals surface area contributed by atoms with Crippen LogP contribution in [0.15, 0.2) is 11.5 Å². The van der Waals surface area contributed by atoms with Gasteiger partial charge in [0.25, 0.3) is 11.5 Å². The molecule has 0 amide bonds. The van der Waals surface area contributed by atoms with Crippen molar-refractivity contribution in [2.45, 2.75) is 10.5 Å². The predicted molar refractivity (Wildman–Crippen MR) is 72.0 cm³/mol. The van der Waals surface area contributed by atoms with Crippen molar-refractivity contribution in [3.05, 3.63) is 42.4 Å². The molecule has 0 saturated heterocycles. The van der Waals surface area contributed by atoms with Crippen molar-refractivity contribution in [2.75, 3.05) is 7.11 Å². The van der Waals surface area contributed by atoms with Gasteiger partial charge in [0.15, 0.2) is 0 Å². The van der Waals surface area contributed by atoms with E-state index in [1.54, 1.807) is 0 Å². The van der Waals surface area contributed by atoms with Crippen LogP contribution in [0.1, 0.15) is 0 Å². The summed E-state index contributed by atoms with van der Waals surface area (Å²) in [6.45, 7) is 0. The topological polar surface area (TPSA) is 265 Å². The molecule has 0 aromatic rings. The molecule has 0 bridgehead atoms. The molecule has 18 heteroatoms. The van der Waals surface area contributed by atoms with Gasteiger partial charge in [0.1, 0.15) is 20.2 Å². The fraction of sp³-hybridized carbons (Fsp3) is 0.429. The van der Waals surface area contributed by atoms with E-state index >= 15 is 0 Å². The number of hydrogen-bond acceptors (Lipinski definition) is 13. The second kappa shape index (κ2) is 6.31. The SMILES string of the molecule is COC1=C([N+](=O)[O-])[C@@H](S(=O)(=O)[O-])C(=[N+]([O-])[O-])[C@@H](S(=O)(=O)[O-])C1=[N+]([O-])[O-]. The number of methoxy groups -OCH3 is 1. The van der Waals surface area contributed by atoms with Gasteiger partial charge in [0, 0.05) is 0 Å². The van der Waals surface area contributed by atoms with E-state index in [0.717, 1.165) is 0 Å². The monoisotopic (exact) mass is 403 g/mol. The highest BCUT2D eigenvalue weighted by Crippen LogP contribution is 2.30. The van der Waals surface area contributed by atoms with Gasteiger partial charge >= 0.3 is 5.70 Å². The van der Waals surface area contributed by atoms with Crippen LogP contribution in [0.25, 0.3) is 0 Å². The fourth-order valence-electron chi connectivity index (χ4n) is 2.11. The number of rotatable bonds is 4. The van der Waals surface area contributed by atoms with Crippen LogP contribution in [0.3, 0.4) is 0 Å². The van der Waals surface area contributed by atoms with Crippen molar-refractivity contribution in [2.24, 2.45) is 0 Å². The maximum absolute atomic E-state index is 11.3. The van der Waals surface area contributed by atoms with E-state index in [9.17, 15) is 56.9 Å². The van der Waals surface area contributed by atoms with Gasteiger partial charge in [-0.05, 0) is 0 Å². The summed E-state index contributed by atoms with van der Waals surface area (Å²) in [6, 6.07) is 0. The molecule has 16 nitrogen and oxygen atoms in total. The molecule has 0 unspecified atom stereocenters. The van der Waals surface area contributed by atoms with Gasteiger partial charge in [-0.15, -0.1) is 0 Å². The minimum Gasteiger partial charge on any atom is -0.747 e. The largest absolute Gasteiger partial charge is 0.747 e. The van der Waals surface area contributed by atoms with E-state index < -0.39 is 68.3 Å². The van der Waals surface area contributed by atoms with Crippen LogP contribution >= 0.6 is 0 Å². The fourth-order valence-corrected chi connectivity index (χ4v) is 4.17. The maximum Gasteiger partial charge on any atom is 0.321 e. The van der Waals surface area contributed by atoms with E-state index in [1.807, 2.05) is 0 Å². The Kier molecular flexibility index (Phi) is 5.13. The molecule has 0 N–H and O–H groups in total. The number of nitrogens with zero attached hydrogens (tertiary/aromatic N) is 3. The smallest absolute Gasteiger partial charge is 0.321 e. The van der Waals surface area contributed by atoms with Gasteiger partial charge < -0.3 is 34.7 Å². The zero-order valence-electron chi connectivity index (χ0n) is 11.6. The molecular formula is C7H5N3O13S2-4. The lowest BCUT2D eigenvalue weighted by Crippen LogP contribution is -2.57. The van der Waals surface area contributed by atoms with E-state index in [-0.39, 0.29) is 0 Å². The molecule has 0 saturated carbocycles. The van der Waals surface area contributed by atoms with Gasteiger partial charge in [0.2, 0.25) is 16.2 Å². The second-order valence-corrected chi connectivity index (χ2v) is 7.16. The Morgan fingerprint density at radius 2 is 1.32 bits per heavy atom. The van der Waals surface area contributed by atoms with Crippen molar-refractivity contribution < 1.29 is 45.4 Å². The summed E-state index contributed by atoms with van der Waals surface area (Å²) in [5, 5.41) is 48.4. The predicted octanol–water partition coefficient (Wildman–Crippen LogP) is -3.14. The molecule has 0 spiro atoms. The first-order valence-electron chi connectivity index (χ1n) is 5.50. The molecule has 1 aliphatic carbocycles. The number of hydrogen-bond donors (Lipinski definition) is 0. The third-order valence-electron chi connectivity index (χ3n) is 2.88. The molecule has 1 aliphatic rings. The van der Waals surface area contributed by atoms with Crippen molar-refractivity contribution in [1.29, 1.82) is 0 Å². The Bertz CT molecular complexity index is 903. The lowest BCUT2D eigenvalue weighted by molar-refractivity contribution is -0.433. The zero-order valence-corrected chi connectivity index (χ0v) is 13.3. The third kappa shape index (κ3) is 3.55. The van der Waals surface area contributed by atoms with Crippen LogP contribution in [-0.4, -0.2) is 69.7 Å². The summed E-state index contributed by atoms with van der Waals surface area (Å²) < 4.78 is 71.9. The van der Waals surface area contributed by atoms with Crippen molar-refractivity contribution in [3.63, 3.8) is 0 Å². The van der Waals surface area contributed by atoms with E-state index in [2.05, 4.69) is 4.74 Å². The summed E-state index contributed by atoms with van der Waals surface area (Å²) in [5.74, 6) is -1.66. The molecule has 0 aliphatic heterocycles. The maximum atomic E-state index is 11.3. The first-order valence-corrected chi connectivity index (χ1v) is 8.45. The quantitative estimate of drug-likeness (QED) is 0.194. The summed E-state index contributed by atoms with van der Waals surface area (Å²) >= 11 is 0. The Balaban J connectivity index is 4.30. The molecule has 25 heavy (non-hydrogen) atoms. The third-order valence-corrected chi connectivity index (χ3v) is 4.97. The van der Waals surface area contributed by atoms with Crippen LogP contribution in [-0.2, 0) is 25.0 Å². The summed E-state index contributed by atoms with van der Waals surface area (Å²) in [4.78, 5) is 5.77. The normalized spacial score (nSPS) is 21.9. The number of nitro groups is 1. The lowest BCUT2D eigenvalue weighted by Gasteiger charge is -2.31. The first kappa shape index (κ1) is 20.3.